The topological polar surface area (TPSA) is 87.3 Å². The van der Waals surface area contributed by atoms with Gasteiger partial charge in [-0.1, -0.05) is 26.7 Å². The van der Waals surface area contributed by atoms with Crippen LogP contribution in [0.25, 0.3) is 0 Å². The van der Waals surface area contributed by atoms with Crippen molar-refractivity contribution >= 4 is 17.7 Å². The van der Waals surface area contributed by atoms with E-state index < -0.39 is 23.9 Å². The molecule has 0 aromatic carbocycles. The molecule has 20 heavy (non-hydrogen) atoms. The lowest BCUT2D eigenvalue weighted by molar-refractivity contribution is -0.132. The summed E-state index contributed by atoms with van der Waals surface area (Å²) in [7, 11) is 0. The number of nitrogens with one attached hydrogen (secondary N) is 3. The number of hydrogen-bond acceptors (Lipinski definition) is 3. The number of likely N-dealkylation sites (N-methyl/N-ethyl adjacent to an activating group) is 1. The van der Waals surface area contributed by atoms with Crippen LogP contribution < -0.4 is 16.0 Å². The second-order valence-electron chi connectivity index (χ2n) is 4.65. The summed E-state index contributed by atoms with van der Waals surface area (Å²) in [5.41, 5.74) is 0. The molecular formula is C14H23N3O3. The van der Waals surface area contributed by atoms with Gasteiger partial charge in [0.25, 0.3) is 5.91 Å². The van der Waals surface area contributed by atoms with Crippen LogP contribution in [0.4, 0.5) is 0 Å². The fourth-order valence-corrected chi connectivity index (χ4v) is 1.50. The van der Waals surface area contributed by atoms with Crippen molar-refractivity contribution in [2.45, 2.75) is 46.2 Å². The van der Waals surface area contributed by atoms with Crippen molar-refractivity contribution in [2.75, 3.05) is 6.54 Å². The molecule has 3 amide bonds. The third-order valence-corrected chi connectivity index (χ3v) is 2.65. The molecule has 6 heteroatoms. The summed E-state index contributed by atoms with van der Waals surface area (Å²) < 4.78 is 0. The molecule has 0 fully saturated rings. The van der Waals surface area contributed by atoms with Gasteiger partial charge in [0, 0.05) is 13.0 Å². The molecule has 3 N–H and O–H groups in total. The first-order chi connectivity index (χ1) is 9.37. The van der Waals surface area contributed by atoms with Crippen molar-refractivity contribution in [2.24, 2.45) is 5.92 Å². The molecule has 0 aromatic rings. The van der Waals surface area contributed by atoms with Crippen LogP contribution in [0.1, 0.15) is 34.1 Å². The second kappa shape index (κ2) is 8.97. The molecule has 0 unspecified atom stereocenters. The summed E-state index contributed by atoms with van der Waals surface area (Å²) >= 11 is 0. The summed E-state index contributed by atoms with van der Waals surface area (Å²) in [6, 6.07) is -1.75. The average Bonchev–Trinajstić information content (AvgIpc) is 2.41. The largest absolute Gasteiger partial charge is 0.354 e. The Balaban J connectivity index is 4.78. The molecule has 6 nitrogen and oxygen atoms in total. The molecule has 2 atom stereocenters. The summed E-state index contributed by atoms with van der Waals surface area (Å²) in [4.78, 5) is 35.1. The number of terminal acetylenes is 1. The molecule has 0 spiro atoms. The number of carbonyl (C=O) groups excluding carboxylic acids is 3. The molecule has 0 rings (SSSR count). The number of hydrogen-bond donors (Lipinski definition) is 3. The molecule has 0 saturated carbocycles. The highest BCUT2D eigenvalue weighted by molar-refractivity contribution is 5.93. The van der Waals surface area contributed by atoms with Crippen LogP contribution in [0.2, 0.25) is 0 Å². The molecule has 112 valence electrons. The smallest absolute Gasteiger partial charge is 0.255 e. The van der Waals surface area contributed by atoms with Gasteiger partial charge in [0.2, 0.25) is 11.8 Å². The van der Waals surface area contributed by atoms with Crippen molar-refractivity contribution in [3.63, 3.8) is 0 Å². The quantitative estimate of drug-likeness (QED) is 0.564. The van der Waals surface area contributed by atoms with Crippen molar-refractivity contribution in [1.29, 1.82) is 0 Å². The number of amides is 3. The molecule has 0 aliphatic carbocycles. The van der Waals surface area contributed by atoms with Gasteiger partial charge in [-0.2, -0.15) is 0 Å². The van der Waals surface area contributed by atoms with Gasteiger partial charge in [-0.25, -0.2) is 0 Å². The Morgan fingerprint density at radius 3 is 2.10 bits per heavy atom. The maximum absolute atomic E-state index is 12.1. The average molecular weight is 281 g/mol. The number of carbonyl (C=O) groups is 3. The van der Waals surface area contributed by atoms with Crippen LogP contribution in [0.5, 0.6) is 0 Å². The fraction of sp³-hybridized carbons (Fsp3) is 0.643. The fourth-order valence-electron chi connectivity index (χ4n) is 1.50. The molecule has 0 aliphatic heterocycles. The predicted molar refractivity (Wildman–Crippen MR) is 76.5 cm³/mol. The Hall–Kier alpha value is -2.03. The van der Waals surface area contributed by atoms with Crippen molar-refractivity contribution in [3.8, 4) is 12.3 Å². The van der Waals surface area contributed by atoms with Gasteiger partial charge in [-0.05, 0) is 12.8 Å². The molecule has 0 aliphatic rings. The zero-order chi connectivity index (χ0) is 15.7. The first-order valence-corrected chi connectivity index (χ1v) is 6.70. The Kier molecular flexibility index (Phi) is 8.06. The first kappa shape index (κ1) is 18.0. The van der Waals surface area contributed by atoms with Crippen LogP contribution in [0.3, 0.4) is 0 Å². The van der Waals surface area contributed by atoms with Crippen LogP contribution in [-0.4, -0.2) is 36.3 Å². The van der Waals surface area contributed by atoms with E-state index in [2.05, 4.69) is 21.9 Å². The molecule has 0 heterocycles. The lowest BCUT2D eigenvalue weighted by atomic mass is 10.0. The normalized spacial score (nSPS) is 13.0. The lowest BCUT2D eigenvalue weighted by Gasteiger charge is -2.23. The van der Waals surface area contributed by atoms with E-state index in [0.29, 0.717) is 6.54 Å². The Labute approximate surface area is 120 Å². The van der Waals surface area contributed by atoms with Crippen molar-refractivity contribution in [3.05, 3.63) is 0 Å². The minimum Gasteiger partial charge on any atom is -0.354 e. The van der Waals surface area contributed by atoms with Gasteiger partial charge >= 0.3 is 0 Å². The van der Waals surface area contributed by atoms with Crippen LogP contribution in [0.15, 0.2) is 0 Å². The van der Waals surface area contributed by atoms with Crippen LogP contribution in [-0.2, 0) is 14.4 Å². The van der Waals surface area contributed by atoms with E-state index in [4.69, 9.17) is 6.42 Å². The third-order valence-electron chi connectivity index (χ3n) is 2.65. The third kappa shape index (κ3) is 5.74. The monoisotopic (exact) mass is 281 g/mol. The maximum atomic E-state index is 12.1. The predicted octanol–water partition coefficient (Wildman–Crippen LogP) is -0.209. The second-order valence-corrected chi connectivity index (χ2v) is 4.65. The maximum Gasteiger partial charge on any atom is 0.255 e. The van der Waals surface area contributed by atoms with E-state index in [9.17, 15) is 14.4 Å². The molecule has 0 bridgehead atoms. The van der Waals surface area contributed by atoms with Crippen molar-refractivity contribution < 1.29 is 14.4 Å². The summed E-state index contributed by atoms with van der Waals surface area (Å²) in [5.74, 6) is 0.982. The van der Waals surface area contributed by atoms with Gasteiger partial charge < -0.3 is 16.0 Å². The van der Waals surface area contributed by atoms with E-state index in [-0.39, 0.29) is 18.2 Å². The van der Waals surface area contributed by atoms with Crippen LogP contribution >= 0.6 is 0 Å². The minimum absolute atomic E-state index is 0.113. The SMILES string of the molecule is C#C[C@H](NC(=O)[C@@H](NC(=O)CC)C(C)C)C(=O)NCC. The Bertz CT molecular complexity index is 399. The molecule has 0 aromatic heterocycles. The van der Waals surface area contributed by atoms with Crippen molar-refractivity contribution in [1.82, 2.24) is 16.0 Å². The highest BCUT2D eigenvalue weighted by Gasteiger charge is 2.27. The summed E-state index contributed by atoms with van der Waals surface area (Å²) in [5, 5.41) is 7.61. The van der Waals surface area contributed by atoms with Gasteiger partial charge in [0.15, 0.2) is 6.04 Å². The highest BCUT2D eigenvalue weighted by atomic mass is 16.2. The highest BCUT2D eigenvalue weighted by Crippen LogP contribution is 2.03. The van der Waals surface area contributed by atoms with Gasteiger partial charge in [-0.3, -0.25) is 14.4 Å². The van der Waals surface area contributed by atoms with E-state index in [1.807, 2.05) is 0 Å². The van der Waals surface area contributed by atoms with E-state index in [1.54, 1.807) is 27.7 Å². The van der Waals surface area contributed by atoms with Gasteiger partial charge in [0.05, 0.1) is 0 Å². The molecular weight excluding hydrogens is 258 g/mol. The minimum atomic E-state index is -1.04. The lowest BCUT2D eigenvalue weighted by Crippen LogP contribution is -2.54. The van der Waals surface area contributed by atoms with Gasteiger partial charge in [0.1, 0.15) is 6.04 Å². The summed E-state index contributed by atoms with van der Waals surface area (Å²) in [6.45, 7) is 7.48. The zero-order valence-electron chi connectivity index (χ0n) is 12.4. The number of rotatable bonds is 7. The van der Waals surface area contributed by atoms with Gasteiger partial charge in [-0.15, -0.1) is 6.42 Å². The van der Waals surface area contributed by atoms with E-state index in [0.717, 1.165) is 0 Å². The standard InChI is InChI=1S/C14H23N3O3/c1-6-10(13(19)15-8-3)16-14(20)12(9(4)5)17-11(18)7-2/h1,9-10,12H,7-8H2,2-5H3,(H,15,19)(H,16,20)(H,17,18)/t10-,12-/m0/s1. The van der Waals surface area contributed by atoms with E-state index >= 15 is 0 Å². The van der Waals surface area contributed by atoms with E-state index in [1.165, 1.54) is 0 Å². The Morgan fingerprint density at radius 2 is 1.70 bits per heavy atom. The molecule has 0 saturated heterocycles. The zero-order valence-corrected chi connectivity index (χ0v) is 12.4. The Morgan fingerprint density at radius 1 is 1.10 bits per heavy atom. The summed E-state index contributed by atoms with van der Waals surface area (Å²) in [6.07, 6.45) is 5.53. The van der Waals surface area contributed by atoms with Crippen LogP contribution in [0, 0.1) is 18.3 Å². The first-order valence-electron chi connectivity index (χ1n) is 6.70. The molecule has 0 radical (unpaired) electrons.